The van der Waals surface area contributed by atoms with Crippen LogP contribution >= 0.6 is 11.3 Å². The molecule has 2 heterocycles. The number of thiophene rings is 1. The number of amides is 1. The van der Waals surface area contributed by atoms with Gasteiger partial charge in [0.25, 0.3) is 5.91 Å². The number of aryl methyl sites for hydroxylation is 1. The number of H-pyrrole nitrogens is 1. The molecular weight excluding hydrogens is 276 g/mol. The van der Waals surface area contributed by atoms with E-state index < -0.39 is 5.60 Å². The Morgan fingerprint density at radius 2 is 2.25 bits per heavy atom. The largest absolute Gasteiger partial charge is 0.383 e. The highest BCUT2D eigenvalue weighted by molar-refractivity contribution is 7.10. The van der Waals surface area contributed by atoms with Crippen LogP contribution in [0.15, 0.2) is 34.4 Å². The zero-order valence-electron chi connectivity index (χ0n) is 11.3. The van der Waals surface area contributed by atoms with Gasteiger partial charge in [-0.05, 0) is 31.4 Å². The third kappa shape index (κ3) is 3.34. The van der Waals surface area contributed by atoms with Gasteiger partial charge in [-0.3, -0.25) is 9.59 Å². The summed E-state index contributed by atoms with van der Waals surface area (Å²) in [5, 5.41) is 14.8. The summed E-state index contributed by atoms with van der Waals surface area (Å²) in [5.74, 6) is -0.379. The number of hydrogen-bond donors (Lipinski definition) is 3. The van der Waals surface area contributed by atoms with Crippen LogP contribution in [0, 0.1) is 6.92 Å². The van der Waals surface area contributed by atoms with Crippen molar-refractivity contribution < 1.29 is 9.90 Å². The zero-order chi connectivity index (χ0) is 14.8. The molecule has 6 heteroatoms. The van der Waals surface area contributed by atoms with Crippen molar-refractivity contribution in [3.05, 3.63) is 56.1 Å². The first-order valence-corrected chi connectivity index (χ1v) is 7.02. The third-order valence-corrected chi connectivity index (χ3v) is 4.01. The van der Waals surface area contributed by atoms with Crippen molar-refractivity contribution in [1.29, 1.82) is 0 Å². The van der Waals surface area contributed by atoms with E-state index in [4.69, 9.17) is 0 Å². The quantitative estimate of drug-likeness (QED) is 0.796. The Kier molecular flexibility index (Phi) is 4.06. The Morgan fingerprint density at radius 1 is 1.50 bits per heavy atom. The summed E-state index contributed by atoms with van der Waals surface area (Å²) >= 11 is 1.43. The molecule has 0 aliphatic carbocycles. The van der Waals surface area contributed by atoms with Crippen LogP contribution in [-0.2, 0) is 5.60 Å². The van der Waals surface area contributed by atoms with Crippen LogP contribution in [0.4, 0.5) is 0 Å². The minimum absolute atomic E-state index is 0.0815. The average molecular weight is 292 g/mol. The van der Waals surface area contributed by atoms with E-state index in [-0.39, 0.29) is 23.6 Å². The molecule has 20 heavy (non-hydrogen) atoms. The van der Waals surface area contributed by atoms with Crippen molar-refractivity contribution in [2.45, 2.75) is 19.4 Å². The lowest BCUT2D eigenvalue weighted by Gasteiger charge is -2.22. The van der Waals surface area contributed by atoms with Crippen molar-refractivity contribution in [2.75, 3.05) is 6.54 Å². The molecule has 2 aromatic heterocycles. The first-order chi connectivity index (χ1) is 9.38. The SMILES string of the molecule is Cc1cc(C(=O)NCC(C)(O)c2cccs2)cc(=O)[nH]1. The van der Waals surface area contributed by atoms with E-state index >= 15 is 0 Å². The highest BCUT2D eigenvalue weighted by Crippen LogP contribution is 2.24. The number of nitrogens with one attached hydrogen (secondary N) is 2. The van der Waals surface area contributed by atoms with Gasteiger partial charge in [-0.15, -0.1) is 11.3 Å². The van der Waals surface area contributed by atoms with Crippen LogP contribution < -0.4 is 10.9 Å². The predicted molar refractivity (Wildman–Crippen MR) is 78.0 cm³/mol. The van der Waals surface area contributed by atoms with E-state index in [0.717, 1.165) is 4.88 Å². The van der Waals surface area contributed by atoms with Crippen LogP contribution in [0.2, 0.25) is 0 Å². The van der Waals surface area contributed by atoms with E-state index in [0.29, 0.717) is 5.69 Å². The number of aliphatic hydroxyl groups is 1. The Hall–Kier alpha value is -1.92. The number of rotatable bonds is 4. The van der Waals surface area contributed by atoms with Gasteiger partial charge < -0.3 is 15.4 Å². The second-order valence-electron chi connectivity index (χ2n) is 4.85. The lowest BCUT2D eigenvalue weighted by molar-refractivity contribution is 0.0556. The molecule has 3 N–H and O–H groups in total. The first-order valence-electron chi connectivity index (χ1n) is 6.14. The van der Waals surface area contributed by atoms with Crippen LogP contribution in [-0.4, -0.2) is 22.5 Å². The Balaban J connectivity index is 2.07. The lowest BCUT2D eigenvalue weighted by Crippen LogP contribution is -2.38. The van der Waals surface area contributed by atoms with E-state index in [1.165, 1.54) is 17.4 Å². The fourth-order valence-electron chi connectivity index (χ4n) is 1.84. The van der Waals surface area contributed by atoms with E-state index in [2.05, 4.69) is 10.3 Å². The molecule has 1 atom stereocenters. The van der Waals surface area contributed by atoms with Crippen LogP contribution in [0.3, 0.4) is 0 Å². The van der Waals surface area contributed by atoms with Gasteiger partial charge in [-0.2, -0.15) is 0 Å². The van der Waals surface area contributed by atoms with Gasteiger partial charge in [0, 0.05) is 22.2 Å². The summed E-state index contributed by atoms with van der Waals surface area (Å²) in [6, 6.07) is 6.49. The molecule has 2 aromatic rings. The molecule has 0 saturated heterocycles. The molecule has 0 aliphatic rings. The first kappa shape index (κ1) is 14.5. The third-order valence-electron chi connectivity index (χ3n) is 2.89. The minimum Gasteiger partial charge on any atom is -0.383 e. The summed E-state index contributed by atoms with van der Waals surface area (Å²) < 4.78 is 0. The topological polar surface area (TPSA) is 82.2 Å². The van der Waals surface area contributed by atoms with Crippen molar-refractivity contribution >= 4 is 17.2 Å². The van der Waals surface area contributed by atoms with Gasteiger partial charge in [-0.25, -0.2) is 0 Å². The number of carbonyl (C=O) groups is 1. The summed E-state index contributed by atoms with van der Waals surface area (Å²) in [5.41, 5.74) is -0.541. The molecule has 2 rings (SSSR count). The molecule has 0 saturated carbocycles. The fourth-order valence-corrected chi connectivity index (χ4v) is 2.63. The zero-order valence-corrected chi connectivity index (χ0v) is 12.1. The predicted octanol–water partition coefficient (Wildman–Crippen LogP) is 1.38. The number of aromatic amines is 1. The van der Waals surface area contributed by atoms with Crippen LogP contribution in [0.25, 0.3) is 0 Å². The molecule has 106 valence electrons. The number of aromatic nitrogens is 1. The van der Waals surface area contributed by atoms with Gasteiger partial charge in [-0.1, -0.05) is 6.07 Å². The molecule has 0 spiro atoms. The van der Waals surface area contributed by atoms with Gasteiger partial charge in [0.05, 0.1) is 6.54 Å². The Bertz CT molecular complexity index is 659. The summed E-state index contributed by atoms with van der Waals surface area (Å²) in [4.78, 5) is 26.7. The molecule has 0 aromatic carbocycles. The van der Waals surface area contributed by atoms with Crippen molar-refractivity contribution in [2.24, 2.45) is 0 Å². The number of carbonyl (C=O) groups excluding carboxylic acids is 1. The van der Waals surface area contributed by atoms with Crippen molar-refractivity contribution in [3.8, 4) is 0 Å². The Morgan fingerprint density at radius 3 is 2.85 bits per heavy atom. The molecule has 0 fully saturated rings. The molecule has 0 aliphatic heterocycles. The van der Waals surface area contributed by atoms with Crippen molar-refractivity contribution in [1.82, 2.24) is 10.3 Å². The molecular formula is C14H16N2O3S. The maximum absolute atomic E-state index is 12.0. The second-order valence-corrected chi connectivity index (χ2v) is 5.80. The van der Waals surface area contributed by atoms with Crippen molar-refractivity contribution in [3.63, 3.8) is 0 Å². The lowest BCUT2D eigenvalue weighted by atomic mass is 10.1. The fraction of sp³-hybridized carbons (Fsp3) is 0.286. The molecule has 0 radical (unpaired) electrons. The van der Waals surface area contributed by atoms with E-state index in [1.807, 2.05) is 17.5 Å². The summed E-state index contributed by atoms with van der Waals surface area (Å²) in [6.45, 7) is 3.43. The van der Waals surface area contributed by atoms with Gasteiger partial charge in [0.15, 0.2) is 0 Å². The molecule has 5 nitrogen and oxygen atoms in total. The normalized spacial score (nSPS) is 13.8. The summed E-state index contributed by atoms with van der Waals surface area (Å²) in [6.07, 6.45) is 0. The highest BCUT2D eigenvalue weighted by atomic mass is 32.1. The van der Waals surface area contributed by atoms with Gasteiger partial charge >= 0.3 is 0 Å². The van der Waals surface area contributed by atoms with Crippen LogP contribution in [0.1, 0.15) is 27.9 Å². The maximum atomic E-state index is 12.0. The molecule has 1 amide bonds. The van der Waals surface area contributed by atoms with Gasteiger partial charge in [0.2, 0.25) is 5.56 Å². The van der Waals surface area contributed by atoms with E-state index in [9.17, 15) is 14.7 Å². The summed E-state index contributed by atoms with van der Waals surface area (Å²) in [7, 11) is 0. The number of hydrogen-bond acceptors (Lipinski definition) is 4. The maximum Gasteiger partial charge on any atom is 0.251 e. The van der Waals surface area contributed by atoms with Gasteiger partial charge in [0.1, 0.15) is 5.60 Å². The smallest absolute Gasteiger partial charge is 0.251 e. The number of pyridine rings is 1. The second kappa shape index (κ2) is 5.60. The molecule has 1 unspecified atom stereocenters. The Labute approximate surface area is 120 Å². The minimum atomic E-state index is -1.12. The standard InChI is InChI=1S/C14H16N2O3S/c1-9-6-10(7-12(17)16-9)13(18)15-8-14(2,19)11-4-3-5-20-11/h3-7,19H,8H2,1-2H3,(H,15,18)(H,16,17). The monoisotopic (exact) mass is 292 g/mol. The van der Waals surface area contributed by atoms with Crippen LogP contribution in [0.5, 0.6) is 0 Å². The average Bonchev–Trinajstić information content (AvgIpc) is 2.89. The highest BCUT2D eigenvalue weighted by Gasteiger charge is 2.25. The molecule has 0 bridgehead atoms. The van der Waals surface area contributed by atoms with E-state index in [1.54, 1.807) is 19.9 Å².